The SMILES string of the molecule is COc1cc(N)c(Cl)cc1C(=O)N[C@H]1CCN(CC2CCN(C(=S)C(C)C)CC2)C[C@H]1OC. The number of thiocarbonyl (C=S) groups is 1. The van der Waals surface area contributed by atoms with E-state index in [4.69, 9.17) is 39.0 Å². The Morgan fingerprint density at radius 2 is 1.94 bits per heavy atom. The lowest BCUT2D eigenvalue weighted by Crippen LogP contribution is -2.55. The molecule has 2 saturated heterocycles. The zero-order valence-electron chi connectivity index (χ0n) is 20.1. The molecule has 1 aromatic carbocycles. The van der Waals surface area contributed by atoms with Gasteiger partial charge in [-0.3, -0.25) is 4.79 Å². The predicted molar refractivity (Wildman–Crippen MR) is 137 cm³/mol. The highest BCUT2D eigenvalue weighted by molar-refractivity contribution is 7.80. The van der Waals surface area contributed by atoms with Gasteiger partial charge in [0.1, 0.15) is 5.75 Å². The maximum Gasteiger partial charge on any atom is 0.255 e. The van der Waals surface area contributed by atoms with Gasteiger partial charge in [-0.05, 0) is 31.2 Å². The molecule has 184 valence electrons. The van der Waals surface area contributed by atoms with Crippen LogP contribution in [0.1, 0.15) is 43.5 Å². The molecule has 0 spiro atoms. The number of carbonyl (C=O) groups is 1. The molecule has 33 heavy (non-hydrogen) atoms. The smallest absolute Gasteiger partial charge is 0.255 e. The van der Waals surface area contributed by atoms with E-state index in [0.29, 0.717) is 33.9 Å². The molecule has 3 N–H and O–H groups in total. The first-order valence-electron chi connectivity index (χ1n) is 11.7. The van der Waals surface area contributed by atoms with Crippen LogP contribution in [-0.4, -0.2) is 79.8 Å². The van der Waals surface area contributed by atoms with Crippen LogP contribution in [0.4, 0.5) is 5.69 Å². The Morgan fingerprint density at radius 1 is 1.24 bits per heavy atom. The largest absolute Gasteiger partial charge is 0.496 e. The van der Waals surface area contributed by atoms with Gasteiger partial charge in [0.2, 0.25) is 0 Å². The van der Waals surface area contributed by atoms with E-state index < -0.39 is 0 Å². The van der Waals surface area contributed by atoms with Gasteiger partial charge in [-0.15, -0.1) is 0 Å². The third kappa shape index (κ3) is 6.50. The molecule has 2 atom stereocenters. The Hall–Kier alpha value is -1.61. The van der Waals surface area contributed by atoms with Crippen LogP contribution in [0.5, 0.6) is 5.75 Å². The molecule has 9 heteroatoms. The zero-order valence-corrected chi connectivity index (χ0v) is 21.7. The fourth-order valence-electron chi connectivity index (χ4n) is 4.78. The summed E-state index contributed by atoms with van der Waals surface area (Å²) < 4.78 is 11.1. The number of benzene rings is 1. The van der Waals surface area contributed by atoms with Crippen molar-refractivity contribution < 1.29 is 14.3 Å². The fraction of sp³-hybridized carbons (Fsp3) is 0.667. The maximum atomic E-state index is 13.0. The monoisotopic (exact) mass is 496 g/mol. The molecule has 1 aromatic rings. The Bertz CT molecular complexity index is 845. The molecule has 0 aromatic heterocycles. The van der Waals surface area contributed by atoms with E-state index in [-0.39, 0.29) is 18.1 Å². The molecule has 1 amide bonds. The molecule has 0 saturated carbocycles. The first-order valence-corrected chi connectivity index (χ1v) is 12.5. The summed E-state index contributed by atoms with van der Waals surface area (Å²) in [5.74, 6) is 1.27. The third-order valence-electron chi connectivity index (χ3n) is 6.76. The van der Waals surface area contributed by atoms with Crippen molar-refractivity contribution >= 4 is 40.4 Å². The van der Waals surface area contributed by atoms with Gasteiger partial charge < -0.3 is 30.3 Å². The lowest BCUT2D eigenvalue weighted by molar-refractivity contribution is -0.000305. The van der Waals surface area contributed by atoms with E-state index >= 15 is 0 Å². The van der Waals surface area contributed by atoms with E-state index in [0.717, 1.165) is 44.1 Å². The Kier molecular flexibility index (Phi) is 9.21. The second-order valence-electron chi connectivity index (χ2n) is 9.40. The molecular weight excluding hydrogens is 460 g/mol. The summed E-state index contributed by atoms with van der Waals surface area (Å²) in [6.45, 7) is 9.22. The summed E-state index contributed by atoms with van der Waals surface area (Å²) in [6, 6.07) is 3.05. The highest BCUT2D eigenvalue weighted by atomic mass is 35.5. The number of nitrogens with one attached hydrogen (secondary N) is 1. The number of halogens is 1. The van der Waals surface area contributed by atoms with Gasteiger partial charge in [0.05, 0.1) is 40.5 Å². The van der Waals surface area contributed by atoms with Crippen LogP contribution in [0.25, 0.3) is 0 Å². The third-order valence-corrected chi connectivity index (χ3v) is 7.82. The minimum Gasteiger partial charge on any atom is -0.496 e. The standard InChI is InChI=1S/C24H37ClN4O3S/c1-15(2)24(33)29-9-5-16(6-10-29)13-28-8-7-20(22(14-28)32-4)27-23(30)17-11-18(25)19(26)12-21(17)31-3/h11-12,15-16,20,22H,5-10,13-14,26H2,1-4H3,(H,27,30)/t20-,22+/m0/s1. The topological polar surface area (TPSA) is 80.1 Å². The second-order valence-corrected chi connectivity index (χ2v) is 10.2. The number of nitrogen functional groups attached to an aromatic ring is 1. The van der Waals surface area contributed by atoms with Gasteiger partial charge in [0, 0.05) is 51.8 Å². The van der Waals surface area contributed by atoms with Crippen molar-refractivity contribution in [2.75, 3.05) is 52.7 Å². The number of rotatable bonds is 7. The van der Waals surface area contributed by atoms with Crippen LogP contribution in [-0.2, 0) is 4.74 Å². The summed E-state index contributed by atoms with van der Waals surface area (Å²) in [5.41, 5.74) is 6.60. The quantitative estimate of drug-likeness (QED) is 0.442. The van der Waals surface area contributed by atoms with Crippen LogP contribution in [0.15, 0.2) is 12.1 Å². The summed E-state index contributed by atoms with van der Waals surface area (Å²) in [6.07, 6.45) is 3.08. The van der Waals surface area contributed by atoms with Crippen LogP contribution in [0.2, 0.25) is 5.02 Å². The van der Waals surface area contributed by atoms with Crippen molar-refractivity contribution in [3.63, 3.8) is 0 Å². The first-order chi connectivity index (χ1) is 15.7. The second kappa shape index (κ2) is 11.7. The molecule has 0 aliphatic carbocycles. The van der Waals surface area contributed by atoms with Crippen molar-refractivity contribution in [3.05, 3.63) is 22.7 Å². The Balaban J connectivity index is 1.53. The molecule has 3 rings (SSSR count). The number of likely N-dealkylation sites (tertiary alicyclic amines) is 2. The minimum absolute atomic E-state index is 0.0773. The van der Waals surface area contributed by atoms with Gasteiger partial charge in [-0.25, -0.2) is 0 Å². The normalized spacial score (nSPS) is 22.4. The highest BCUT2D eigenvalue weighted by Gasteiger charge is 2.33. The molecule has 0 bridgehead atoms. The number of nitrogens with two attached hydrogens (primary N) is 1. The number of hydrogen-bond donors (Lipinski definition) is 2. The van der Waals surface area contributed by atoms with Gasteiger partial charge in [-0.2, -0.15) is 0 Å². The van der Waals surface area contributed by atoms with E-state index in [9.17, 15) is 4.79 Å². The highest BCUT2D eigenvalue weighted by Crippen LogP contribution is 2.29. The molecule has 2 aliphatic heterocycles. The number of ether oxygens (including phenoxy) is 2. The number of piperidine rings is 2. The molecule has 2 fully saturated rings. The van der Waals surface area contributed by atoms with Gasteiger partial charge in [0.15, 0.2) is 0 Å². The van der Waals surface area contributed by atoms with Gasteiger partial charge in [0.25, 0.3) is 5.91 Å². The first kappa shape index (κ1) is 26.0. The molecule has 7 nitrogen and oxygen atoms in total. The molecule has 2 heterocycles. The Morgan fingerprint density at radius 3 is 2.55 bits per heavy atom. The van der Waals surface area contributed by atoms with Crippen LogP contribution in [0.3, 0.4) is 0 Å². The predicted octanol–water partition coefficient (Wildman–Crippen LogP) is 3.45. The number of hydrogen-bond acceptors (Lipinski definition) is 6. The van der Waals surface area contributed by atoms with Gasteiger partial charge >= 0.3 is 0 Å². The van der Waals surface area contributed by atoms with Crippen molar-refractivity contribution in [1.29, 1.82) is 0 Å². The summed E-state index contributed by atoms with van der Waals surface area (Å²) >= 11 is 11.7. The zero-order chi connectivity index (χ0) is 24.1. The van der Waals surface area contributed by atoms with E-state index in [1.807, 2.05) is 0 Å². The summed E-state index contributed by atoms with van der Waals surface area (Å²) in [5, 5.41) is 3.45. The molecule has 2 aliphatic rings. The van der Waals surface area contributed by atoms with Crippen molar-refractivity contribution in [2.45, 2.75) is 45.3 Å². The number of amides is 1. The Labute approximate surface area is 207 Å². The maximum absolute atomic E-state index is 13.0. The molecule has 0 radical (unpaired) electrons. The molecular formula is C24H37ClN4O3S. The fourth-order valence-corrected chi connectivity index (χ4v) is 5.12. The number of anilines is 1. The lowest BCUT2D eigenvalue weighted by atomic mass is 9.93. The molecule has 0 unspecified atom stereocenters. The minimum atomic E-state index is -0.234. The van der Waals surface area contributed by atoms with Crippen LogP contribution >= 0.6 is 23.8 Å². The average Bonchev–Trinajstić information content (AvgIpc) is 2.81. The van der Waals surface area contributed by atoms with Crippen molar-refractivity contribution in [1.82, 2.24) is 15.1 Å². The van der Waals surface area contributed by atoms with Crippen LogP contribution < -0.4 is 15.8 Å². The summed E-state index contributed by atoms with van der Waals surface area (Å²) in [7, 11) is 3.22. The van der Waals surface area contributed by atoms with E-state index in [1.54, 1.807) is 19.2 Å². The van der Waals surface area contributed by atoms with E-state index in [2.05, 4.69) is 29.0 Å². The average molecular weight is 497 g/mol. The lowest BCUT2D eigenvalue weighted by Gasteiger charge is -2.41. The number of carbonyl (C=O) groups excluding carboxylic acids is 1. The van der Waals surface area contributed by atoms with Crippen molar-refractivity contribution in [3.8, 4) is 5.75 Å². The van der Waals surface area contributed by atoms with E-state index in [1.165, 1.54) is 20.0 Å². The van der Waals surface area contributed by atoms with Gasteiger partial charge in [-0.1, -0.05) is 37.7 Å². The van der Waals surface area contributed by atoms with Crippen molar-refractivity contribution in [2.24, 2.45) is 11.8 Å². The van der Waals surface area contributed by atoms with Crippen LogP contribution in [0, 0.1) is 11.8 Å². The number of nitrogens with zero attached hydrogens (tertiary/aromatic N) is 2. The summed E-state index contributed by atoms with van der Waals surface area (Å²) in [4.78, 5) is 18.9. The number of methoxy groups -OCH3 is 2.